The fourth-order valence-electron chi connectivity index (χ4n) is 2.59. The van der Waals surface area contributed by atoms with Gasteiger partial charge in [-0.1, -0.05) is 60.7 Å². The first kappa shape index (κ1) is 18.2. The Morgan fingerprint density at radius 3 is 1.92 bits per heavy atom. The Balaban J connectivity index is 1.75. The zero-order valence-electron chi connectivity index (χ0n) is 14.7. The summed E-state index contributed by atoms with van der Waals surface area (Å²) in [6, 6.07) is 27.4. The van der Waals surface area contributed by atoms with E-state index in [2.05, 4.69) is 30.5 Å². The number of carbonyl (C=O) groups is 1. The first-order valence-corrected chi connectivity index (χ1v) is 9.66. The molecule has 0 bridgehead atoms. The van der Waals surface area contributed by atoms with Crippen molar-refractivity contribution in [1.82, 2.24) is 5.06 Å². The van der Waals surface area contributed by atoms with Crippen LogP contribution in [0.1, 0.15) is 21.5 Å². The number of benzene rings is 3. The van der Waals surface area contributed by atoms with Crippen LogP contribution in [-0.4, -0.2) is 17.3 Å². The number of hydrogen-bond acceptors (Lipinski definition) is 4. The van der Waals surface area contributed by atoms with E-state index in [-0.39, 0.29) is 5.97 Å². The third-order valence-electron chi connectivity index (χ3n) is 3.94. The fourth-order valence-corrected chi connectivity index (χ4v) is 2.99. The molecule has 0 aliphatic heterocycles. The highest BCUT2D eigenvalue weighted by atomic mass is 32.2. The summed E-state index contributed by atoms with van der Waals surface area (Å²) in [7, 11) is 0. The number of hydrogen-bond donors (Lipinski definition) is 0. The van der Waals surface area contributed by atoms with E-state index in [1.54, 1.807) is 29.0 Å². The second-order valence-electron chi connectivity index (χ2n) is 5.88. The summed E-state index contributed by atoms with van der Waals surface area (Å²) in [6.45, 7) is 1.06. The standard InChI is InChI=1S/C22H21NO2S/c1-26-21-14-12-19(13-15-21)17-23(16-18-8-4-2-5-9-18)25-22(24)20-10-6-3-7-11-20/h2-15H,16-17H2,1H3. The van der Waals surface area contributed by atoms with E-state index in [9.17, 15) is 4.79 Å². The Bertz CT molecular complexity index is 820. The summed E-state index contributed by atoms with van der Waals surface area (Å²) >= 11 is 1.71. The molecule has 0 saturated heterocycles. The summed E-state index contributed by atoms with van der Waals surface area (Å²) < 4.78 is 0. The van der Waals surface area contributed by atoms with Crippen molar-refractivity contribution in [2.45, 2.75) is 18.0 Å². The van der Waals surface area contributed by atoms with Gasteiger partial charge in [-0.2, -0.15) is 0 Å². The molecule has 0 fully saturated rings. The molecule has 0 heterocycles. The van der Waals surface area contributed by atoms with Crippen LogP contribution in [-0.2, 0) is 17.9 Å². The summed E-state index contributed by atoms with van der Waals surface area (Å²) in [5.41, 5.74) is 2.73. The van der Waals surface area contributed by atoms with E-state index in [4.69, 9.17) is 4.84 Å². The summed E-state index contributed by atoms with van der Waals surface area (Å²) in [5, 5.41) is 1.71. The van der Waals surface area contributed by atoms with Crippen molar-refractivity contribution >= 4 is 17.7 Å². The highest BCUT2D eigenvalue weighted by molar-refractivity contribution is 7.98. The molecule has 3 aromatic carbocycles. The fraction of sp³-hybridized carbons (Fsp3) is 0.136. The quantitative estimate of drug-likeness (QED) is 0.427. The first-order chi connectivity index (χ1) is 12.7. The number of hydroxylamine groups is 2. The van der Waals surface area contributed by atoms with Crippen molar-refractivity contribution in [3.8, 4) is 0 Å². The molecule has 3 rings (SSSR count). The van der Waals surface area contributed by atoms with Crippen molar-refractivity contribution in [3.63, 3.8) is 0 Å². The molecule has 0 aliphatic rings. The van der Waals surface area contributed by atoms with E-state index >= 15 is 0 Å². The van der Waals surface area contributed by atoms with Crippen LogP contribution in [0.3, 0.4) is 0 Å². The maximum absolute atomic E-state index is 12.5. The minimum atomic E-state index is -0.345. The SMILES string of the molecule is CSc1ccc(CN(Cc2ccccc2)OC(=O)c2ccccc2)cc1. The molecule has 0 N–H and O–H groups in total. The normalized spacial score (nSPS) is 10.7. The maximum Gasteiger partial charge on any atom is 0.357 e. The molecule has 0 saturated carbocycles. The van der Waals surface area contributed by atoms with E-state index < -0.39 is 0 Å². The molecule has 0 aromatic heterocycles. The minimum Gasteiger partial charge on any atom is -0.363 e. The van der Waals surface area contributed by atoms with Gasteiger partial charge in [0.25, 0.3) is 0 Å². The van der Waals surface area contributed by atoms with Crippen molar-refractivity contribution in [3.05, 3.63) is 102 Å². The Kier molecular flexibility index (Phi) is 6.47. The molecule has 0 unspecified atom stereocenters. The van der Waals surface area contributed by atoms with Gasteiger partial charge in [0.05, 0.1) is 18.7 Å². The number of thioether (sulfide) groups is 1. The molecule has 0 radical (unpaired) electrons. The third kappa shape index (κ3) is 5.22. The Morgan fingerprint density at radius 1 is 0.808 bits per heavy atom. The van der Waals surface area contributed by atoms with Crippen LogP contribution in [0.15, 0.2) is 89.8 Å². The second kappa shape index (κ2) is 9.22. The van der Waals surface area contributed by atoms with Gasteiger partial charge in [0.15, 0.2) is 0 Å². The van der Waals surface area contributed by atoms with Gasteiger partial charge in [0, 0.05) is 4.90 Å². The Morgan fingerprint density at radius 2 is 1.35 bits per heavy atom. The number of nitrogens with zero attached hydrogens (tertiary/aromatic N) is 1. The largest absolute Gasteiger partial charge is 0.363 e. The number of rotatable bonds is 7. The summed E-state index contributed by atoms with van der Waals surface area (Å²) in [5.74, 6) is -0.345. The maximum atomic E-state index is 12.5. The molecule has 0 atom stereocenters. The zero-order valence-corrected chi connectivity index (χ0v) is 15.5. The predicted octanol–water partition coefficient (Wildman–Crippen LogP) is 5.18. The molecule has 132 valence electrons. The van der Waals surface area contributed by atoms with Crippen LogP contribution < -0.4 is 0 Å². The molecule has 3 nitrogen and oxygen atoms in total. The van der Waals surface area contributed by atoms with Gasteiger partial charge in [-0.3, -0.25) is 0 Å². The van der Waals surface area contributed by atoms with Crippen LogP contribution in [0.5, 0.6) is 0 Å². The van der Waals surface area contributed by atoms with Gasteiger partial charge >= 0.3 is 5.97 Å². The topological polar surface area (TPSA) is 29.5 Å². The average Bonchev–Trinajstić information content (AvgIpc) is 2.70. The highest BCUT2D eigenvalue weighted by Gasteiger charge is 2.15. The summed E-state index contributed by atoms with van der Waals surface area (Å²) in [6.07, 6.45) is 2.05. The monoisotopic (exact) mass is 363 g/mol. The van der Waals surface area contributed by atoms with E-state index in [0.29, 0.717) is 18.7 Å². The lowest BCUT2D eigenvalue weighted by Gasteiger charge is -2.21. The molecule has 3 aromatic rings. The van der Waals surface area contributed by atoms with E-state index in [1.165, 1.54) is 4.90 Å². The van der Waals surface area contributed by atoms with E-state index in [0.717, 1.165) is 11.1 Å². The first-order valence-electron chi connectivity index (χ1n) is 8.44. The molecular formula is C22H21NO2S. The number of carbonyl (C=O) groups excluding carboxylic acids is 1. The van der Waals surface area contributed by atoms with Crippen LogP contribution in [0, 0.1) is 0 Å². The van der Waals surface area contributed by atoms with Gasteiger partial charge in [0.2, 0.25) is 0 Å². The third-order valence-corrected chi connectivity index (χ3v) is 4.68. The molecule has 0 amide bonds. The van der Waals surface area contributed by atoms with Crippen LogP contribution in [0.4, 0.5) is 0 Å². The predicted molar refractivity (Wildman–Crippen MR) is 106 cm³/mol. The molecule has 4 heteroatoms. The van der Waals surface area contributed by atoms with Crippen LogP contribution >= 0.6 is 11.8 Å². The average molecular weight is 363 g/mol. The minimum absolute atomic E-state index is 0.345. The van der Waals surface area contributed by atoms with Crippen molar-refractivity contribution in [2.75, 3.05) is 6.26 Å². The molecule has 0 aliphatic carbocycles. The van der Waals surface area contributed by atoms with Crippen LogP contribution in [0.25, 0.3) is 0 Å². The molecule has 26 heavy (non-hydrogen) atoms. The van der Waals surface area contributed by atoms with Crippen molar-refractivity contribution < 1.29 is 9.63 Å². The van der Waals surface area contributed by atoms with Gasteiger partial charge in [0.1, 0.15) is 0 Å². The Hall–Kier alpha value is -2.56. The lowest BCUT2D eigenvalue weighted by Crippen LogP contribution is -2.26. The van der Waals surface area contributed by atoms with Gasteiger partial charge in [-0.05, 0) is 41.6 Å². The molecular weight excluding hydrogens is 342 g/mol. The second-order valence-corrected chi connectivity index (χ2v) is 6.76. The van der Waals surface area contributed by atoms with E-state index in [1.807, 2.05) is 48.5 Å². The smallest absolute Gasteiger partial charge is 0.357 e. The van der Waals surface area contributed by atoms with Gasteiger partial charge < -0.3 is 4.84 Å². The van der Waals surface area contributed by atoms with Gasteiger partial charge in [-0.25, -0.2) is 4.79 Å². The lowest BCUT2D eigenvalue weighted by molar-refractivity contribution is -0.123. The zero-order chi connectivity index (χ0) is 18.2. The van der Waals surface area contributed by atoms with Gasteiger partial charge in [-0.15, -0.1) is 16.8 Å². The highest BCUT2D eigenvalue weighted by Crippen LogP contribution is 2.17. The summed E-state index contributed by atoms with van der Waals surface area (Å²) in [4.78, 5) is 19.4. The van der Waals surface area contributed by atoms with Crippen molar-refractivity contribution in [2.24, 2.45) is 0 Å². The van der Waals surface area contributed by atoms with Crippen molar-refractivity contribution in [1.29, 1.82) is 0 Å². The van der Waals surface area contributed by atoms with Crippen LogP contribution in [0.2, 0.25) is 0 Å². The molecule has 0 spiro atoms. The Labute approximate surface area is 158 Å². The lowest BCUT2D eigenvalue weighted by atomic mass is 10.2.